The zero-order valence-corrected chi connectivity index (χ0v) is 17.2. The normalized spacial score (nSPS) is 11.5. The molecule has 0 bridgehead atoms. The van der Waals surface area contributed by atoms with Crippen LogP contribution in [0, 0.1) is 0 Å². The number of carbonyl (C=O) groups excluding carboxylic acids is 2. The number of aliphatic hydroxyl groups excluding tert-OH is 1. The molecule has 0 aliphatic carbocycles. The second kappa shape index (κ2) is 10.3. The van der Waals surface area contributed by atoms with E-state index in [1.54, 1.807) is 43.3 Å². The summed E-state index contributed by atoms with van der Waals surface area (Å²) in [6, 6.07) is 15.3. The number of esters is 1. The van der Waals surface area contributed by atoms with Gasteiger partial charge in [0.2, 0.25) is 0 Å². The van der Waals surface area contributed by atoms with Crippen molar-refractivity contribution in [1.29, 1.82) is 0 Å². The van der Waals surface area contributed by atoms with Crippen LogP contribution in [0.2, 0.25) is 0 Å². The predicted molar refractivity (Wildman–Crippen MR) is 115 cm³/mol. The number of amides is 2. The van der Waals surface area contributed by atoms with Gasteiger partial charge in [-0.25, -0.2) is 14.3 Å². The van der Waals surface area contributed by atoms with Crippen molar-refractivity contribution < 1.29 is 24.2 Å². The number of carbonyl (C=O) groups is 2. The van der Waals surface area contributed by atoms with Gasteiger partial charge in [0.25, 0.3) is 0 Å². The highest BCUT2D eigenvalue weighted by Gasteiger charge is 2.22. The number of hydrogen-bond donors (Lipinski definition) is 3. The molecule has 0 aliphatic heterocycles. The Morgan fingerprint density at radius 2 is 1.81 bits per heavy atom. The molecule has 31 heavy (non-hydrogen) atoms. The van der Waals surface area contributed by atoms with Gasteiger partial charge in [0, 0.05) is 0 Å². The van der Waals surface area contributed by atoms with Gasteiger partial charge in [-0.3, -0.25) is 5.32 Å². The number of para-hydroxylation sites is 2. The van der Waals surface area contributed by atoms with Gasteiger partial charge in [0.05, 0.1) is 38.2 Å². The topological polar surface area (TPSA) is 115 Å². The van der Waals surface area contributed by atoms with Crippen LogP contribution in [0.15, 0.2) is 60.8 Å². The number of rotatable bonds is 8. The third kappa shape index (κ3) is 5.40. The van der Waals surface area contributed by atoms with Gasteiger partial charge < -0.3 is 19.9 Å². The molecule has 1 atom stereocenters. The first-order valence-electron chi connectivity index (χ1n) is 9.70. The number of benzene rings is 2. The van der Waals surface area contributed by atoms with Crippen LogP contribution in [-0.2, 0) is 11.3 Å². The van der Waals surface area contributed by atoms with E-state index in [4.69, 9.17) is 9.47 Å². The maximum absolute atomic E-state index is 12.7. The number of anilines is 2. The second-order valence-electron chi connectivity index (χ2n) is 6.52. The molecule has 9 nitrogen and oxygen atoms in total. The largest absolute Gasteiger partial charge is 0.495 e. The average Bonchev–Trinajstić information content (AvgIpc) is 3.16. The molecule has 0 spiro atoms. The molecule has 162 valence electrons. The standard InChI is InChI=1S/C22H24N4O5/c1-3-31-21(28)16-13-23-26(14-18(27)15-9-5-4-6-10-15)20(16)25-22(29)24-17-11-7-8-12-19(17)30-2/h4-13,18,27H,3,14H2,1-2H3,(H2,24,25,29). The number of ether oxygens (including phenoxy) is 2. The molecule has 3 aromatic rings. The van der Waals surface area contributed by atoms with E-state index in [0.717, 1.165) is 0 Å². The van der Waals surface area contributed by atoms with Crippen LogP contribution in [0.25, 0.3) is 0 Å². The summed E-state index contributed by atoms with van der Waals surface area (Å²) in [5.74, 6) is -0.0346. The van der Waals surface area contributed by atoms with Gasteiger partial charge >= 0.3 is 12.0 Å². The van der Waals surface area contributed by atoms with Gasteiger partial charge in [-0.2, -0.15) is 5.10 Å². The lowest BCUT2D eigenvalue weighted by atomic mass is 10.1. The Kier molecular flexibility index (Phi) is 7.23. The molecule has 1 heterocycles. The minimum atomic E-state index is -0.894. The summed E-state index contributed by atoms with van der Waals surface area (Å²) in [4.78, 5) is 25.0. The number of nitrogens with zero attached hydrogens (tertiary/aromatic N) is 2. The Balaban J connectivity index is 1.84. The monoisotopic (exact) mass is 424 g/mol. The number of nitrogens with one attached hydrogen (secondary N) is 2. The third-order valence-corrected chi connectivity index (χ3v) is 4.45. The summed E-state index contributed by atoms with van der Waals surface area (Å²) in [5, 5.41) is 20.1. The van der Waals surface area contributed by atoms with Gasteiger partial charge in [-0.15, -0.1) is 0 Å². The average molecular weight is 424 g/mol. The quantitative estimate of drug-likeness (QED) is 0.477. The number of aromatic nitrogens is 2. The van der Waals surface area contributed by atoms with Crippen molar-refractivity contribution in [2.24, 2.45) is 0 Å². The van der Waals surface area contributed by atoms with Crippen LogP contribution in [0.5, 0.6) is 5.75 Å². The summed E-state index contributed by atoms with van der Waals surface area (Å²) in [7, 11) is 1.50. The van der Waals surface area contributed by atoms with Crippen LogP contribution in [-0.4, -0.2) is 40.6 Å². The molecule has 0 fully saturated rings. The third-order valence-electron chi connectivity index (χ3n) is 4.45. The van der Waals surface area contributed by atoms with Crippen molar-refractivity contribution in [2.45, 2.75) is 19.6 Å². The van der Waals surface area contributed by atoms with E-state index < -0.39 is 18.1 Å². The van der Waals surface area contributed by atoms with Crippen molar-refractivity contribution >= 4 is 23.5 Å². The van der Waals surface area contributed by atoms with Crippen LogP contribution in [0.3, 0.4) is 0 Å². The Labute approximate surface area is 179 Å². The minimum absolute atomic E-state index is 0.0215. The van der Waals surface area contributed by atoms with E-state index in [2.05, 4.69) is 15.7 Å². The highest BCUT2D eigenvalue weighted by atomic mass is 16.5. The highest BCUT2D eigenvalue weighted by Crippen LogP contribution is 2.25. The molecular formula is C22H24N4O5. The second-order valence-corrected chi connectivity index (χ2v) is 6.52. The highest BCUT2D eigenvalue weighted by molar-refractivity contribution is 6.04. The fourth-order valence-electron chi connectivity index (χ4n) is 2.97. The molecule has 2 aromatic carbocycles. The Morgan fingerprint density at radius 3 is 2.52 bits per heavy atom. The Bertz CT molecular complexity index is 1040. The van der Waals surface area contributed by atoms with Crippen LogP contribution in [0.4, 0.5) is 16.3 Å². The van der Waals surface area contributed by atoms with E-state index in [-0.39, 0.29) is 24.5 Å². The molecule has 3 N–H and O–H groups in total. The maximum atomic E-state index is 12.7. The van der Waals surface area contributed by atoms with Crippen molar-refractivity contribution in [3.05, 3.63) is 71.9 Å². The summed E-state index contributed by atoms with van der Waals surface area (Å²) in [6.07, 6.45) is 0.406. The van der Waals surface area contributed by atoms with Crippen molar-refractivity contribution in [2.75, 3.05) is 24.4 Å². The number of methoxy groups -OCH3 is 1. The summed E-state index contributed by atoms with van der Waals surface area (Å²) < 4.78 is 11.6. The molecule has 1 unspecified atom stereocenters. The number of hydrogen-bond acceptors (Lipinski definition) is 6. The van der Waals surface area contributed by atoms with Crippen molar-refractivity contribution in [3.8, 4) is 5.75 Å². The number of aliphatic hydroxyl groups is 1. The molecule has 0 saturated carbocycles. The molecule has 2 amide bonds. The van der Waals surface area contributed by atoms with E-state index in [0.29, 0.717) is 17.0 Å². The van der Waals surface area contributed by atoms with E-state index >= 15 is 0 Å². The first-order chi connectivity index (χ1) is 15.0. The van der Waals surface area contributed by atoms with Crippen LogP contribution < -0.4 is 15.4 Å². The fraction of sp³-hybridized carbons (Fsp3) is 0.227. The molecule has 3 rings (SSSR count). The summed E-state index contributed by atoms with van der Waals surface area (Å²) >= 11 is 0. The molecule has 9 heteroatoms. The van der Waals surface area contributed by atoms with Crippen molar-refractivity contribution in [3.63, 3.8) is 0 Å². The lowest BCUT2D eigenvalue weighted by molar-refractivity contribution is 0.0527. The zero-order valence-electron chi connectivity index (χ0n) is 17.2. The fourth-order valence-corrected chi connectivity index (χ4v) is 2.97. The van der Waals surface area contributed by atoms with Crippen LogP contribution >= 0.6 is 0 Å². The first-order valence-corrected chi connectivity index (χ1v) is 9.70. The Hall–Kier alpha value is -3.85. The lowest BCUT2D eigenvalue weighted by Crippen LogP contribution is -2.24. The summed E-state index contributed by atoms with van der Waals surface area (Å²) in [6.45, 7) is 1.88. The first kappa shape index (κ1) is 21.8. The minimum Gasteiger partial charge on any atom is -0.495 e. The maximum Gasteiger partial charge on any atom is 0.343 e. The number of urea groups is 1. The van der Waals surface area contributed by atoms with E-state index in [1.807, 2.05) is 18.2 Å². The zero-order chi connectivity index (χ0) is 22.2. The van der Waals surface area contributed by atoms with Gasteiger partial charge in [0.15, 0.2) is 0 Å². The molecule has 0 aliphatic rings. The lowest BCUT2D eigenvalue weighted by Gasteiger charge is -2.16. The van der Waals surface area contributed by atoms with E-state index in [9.17, 15) is 14.7 Å². The Morgan fingerprint density at radius 1 is 1.10 bits per heavy atom. The van der Waals surface area contributed by atoms with Crippen LogP contribution in [0.1, 0.15) is 28.9 Å². The smallest absolute Gasteiger partial charge is 0.343 e. The predicted octanol–water partition coefficient (Wildman–Crippen LogP) is 3.45. The van der Waals surface area contributed by atoms with Crippen molar-refractivity contribution in [1.82, 2.24) is 9.78 Å². The van der Waals surface area contributed by atoms with Gasteiger partial charge in [-0.1, -0.05) is 42.5 Å². The molecule has 1 aromatic heterocycles. The molecular weight excluding hydrogens is 400 g/mol. The molecule has 0 radical (unpaired) electrons. The SMILES string of the molecule is CCOC(=O)c1cnn(CC(O)c2ccccc2)c1NC(=O)Nc1ccccc1OC. The molecule has 0 saturated heterocycles. The van der Waals surface area contributed by atoms with E-state index in [1.165, 1.54) is 18.0 Å². The van der Waals surface area contributed by atoms with Gasteiger partial charge in [0.1, 0.15) is 17.1 Å². The van der Waals surface area contributed by atoms with Gasteiger partial charge in [-0.05, 0) is 24.6 Å². The summed E-state index contributed by atoms with van der Waals surface area (Å²) in [5.41, 5.74) is 1.22.